The van der Waals surface area contributed by atoms with Gasteiger partial charge in [-0.3, -0.25) is 9.59 Å². The standard InChI is InChI=1S/C33H35Cl2N5O5/c34-31-32(35)40(20-38-31)18-25-16-28(23-12-10-22(19-41)11-13-23)45-33(44-25)24-14-8-21(9-15-24)17-37-29(42)6-3-7-30(43)39-27-5-2-1-4-26(27)36/h1-2,4-5,8-15,20,25,28,33,41H,3,6-7,16-19,36H2,(H,37,42)(H,39,43)/t25-,28+,33+/m0/s1. The lowest BCUT2D eigenvalue weighted by atomic mass is 10.00. The molecule has 0 spiro atoms. The highest BCUT2D eigenvalue weighted by atomic mass is 35.5. The third-order valence-corrected chi connectivity index (χ3v) is 8.30. The number of benzene rings is 3. The number of anilines is 2. The average molecular weight is 653 g/mol. The number of carbonyl (C=O) groups is 2. The van der Waals surface area contributed by atoms with E-state index in [2.05, 4.69) is 15.6 Å². The smallest absolute Gasteiger partial charge is 0.224 e. The number of hydrogen-bond acceptors (Lipinski definition) is 7. The summed E-state index contributed by atoms with van der Waals surface area (Å²) >= 11 is 12.4. The second-order valence-corrected chi connectivity index (χ2v) is 11.6. The zero-order chi connectivity index (χ0) is 31.8. The number of nitrogens with two attached hydrogens (primary N) is 1. The van der Waals surface area contributed by atoms with Crippen LogP contribution in [0.5, 0.6) is 0 Å². The highest BCUT2D eigenvalue weighted by molar-refractivity contribution is 6.40. The predicted octanol–water partition coefficient (Wildman–Crippen LogP) is 5.94. The van der Waals surface area contributed by atoms with Crippen LogP contribution in [0.3, 0.4) is 0 Å². The number of carbonyl (C=O) groups excluding carboxylic acids is 2. The van der Waals surface area contributed by atoms with Gasteiger partial charge in [-0.2, -0.15) is 0 Å². The number of hydrogen-bond donors (Lipinski definition) is 4. The maximum atomic E-state index is 12.4. The minimum Gasteiger partial charge on any atom is -0.397 e. The van der Waals surface area contributed by atoms with Gasteiger partial charge in [0.05, 0.1) is 43.1 Å². The second-order valence-electron chi connectivity index (χ2n) is 10.8. The molecule has 2 amide bonds. The number of halogens is 2. The van der Waals surface area contributed by atoms with E-state index < -0.39 is 6.29 Å². The van der Waals surface area contributed by atoms with Crippen molar-refractivity contribution in [2.45, 2.75) is 63.9 Å². The van der Waals surface area contributed by atoms with Gasteiger partial charge in [-0.1, -0.05) is 83.9 Å². The Kier molecular flexibility index (Phi) is 11.1. The molecule has 12 heteroatoms. The van der Waals surface area contributed by atoms with E-state index >= 15 is 0 Å². The first-order chi connectivity index (χ1) is 21.8. The van der Waals surface area contributed by atoms with Gasteiger partial charge in [0.1, 0.15) is 5.15 Å². The number of ether oxygens (including phenoxy) is 2. The van der Waals surface area contributed by atoms with Gasteiger partial charge in [0, 0.05) is 31.4 Å². The van der Waals surface area contributed by atoms with Crippen molar-refractivity contribution in [2.75, 3.05) is 11.1 Å². The molecule has 45 heavy (non-hydrogen) atoms. The first-order valence-electron chi connectivity index (χ1n) is 14.7. The summed E-state index contributed by atoms with van der Waals surface area (Å²) in [6.45, 7) is 0.755. The van der Waals surface area contributed by atoms with Crippen molar-refractivity contribution < 1.29 is 24.2 Å². The lowest BCUT2D eigenvalue weighted by Crippen LogP contribution is -2.32. The Morgan fingerprint density at radius 3 is 2.31 bits per heavy atom. The van der Waals surface area contributed by atoms with Gasteiger partial charge in [0.25, 0.3) is 0 Å². The molecule has 5 N–H and O–H groups in total. The molecule has 0 bridgehead atoms. The van der Waals surface area contributed by atoms with E-state index in [1.807, 2.05) is 48.5 Å². The topological polar surface area (TPSA) is 141 Å². The molecule has 236 valence electrons. The van der Waals surface area contributed by atoms with Gasteiger partial charge >= 0.3 is 0 Å². The minimum absolute atomic E-state index is 0.0330. The summed E-state index contributed by atoms with van der Waals surface area (Å²) in [5.41, 5.74) is 10.4. The number of para-hydroxylation sites is 2. The van der Waals surface area contributed by atoms with Gasteiger partial charge in [-0.05, 0) is 35.2 Å². The summed E-state index contributed by atoms with van der Waals surface area (Å²) in [7, 11) is 0. The molecule has 1 aliphatic heterocycles. The number of aliphatic hydroxyl groups excluding tert-OH is 1. The molecular formula is C33H35Cl2N5O5. The number of amides is 2. The number of aliphatic hydroxyl groups is 1. The molecule has 0 radical (unpaired) electrons. The number of nitrogens with one attached hydrogen (secondary N) is 2. The molecule has 0 aliphatic carbocycles. The van der Waals surface area contributed by atoms with Crippen molar-refractivity contribution in [1.29, 1.82) is 0 Å². The molecule has 0 saturated carbocycles. The molecule has 1 fully saturated rings. The van der Waals surface area contributed by atoms with Crippen LogP contribution >= 0.6 is 23.2 Å². The lowest BCUT2D eigenvalue weighted by molar-refractivity contribution is -0.252. The molecule has 1 saturated heterocycles. The third-order valence-electron chi connectivity index (χ3n) is 7.53. The summed E-state index contributed by atoms with van der Waals surface area (Å²) in [5.74, 6) is -0.326. The molecule has 0 unspecified atom stereocenters. The first kappa shape index (κ1) is 32.5. The maximum Gasteiger partial charge on any atom is 0.224 e. The molecule has 5 rings (SSSR count). The van der Waals surface area contributed by atoms with Crippen molar-refractivity contribution >= 4 is 46.4 Å². The summed E-state index contributed by atoms with van der Waals surface area (Å²) in [5, 5.41) is 15.7. The van der Waals surface area contributed by atoms with Crippen molar-refractivity contribution in [1.82, 2.24) is 14.9 Å². The molecule has 1 aliphatic rings. The largest absolute Gasteiger partial charge is 0.397 e. The highest BCUT2D eigenvalue weighted by Crippen LogP contribution is 2.39. The van der Waals surface area contributed by atoms with Crippen LogP contribution in [0.15, 0.2) is 79.1 Å². The van der Waals surface area contributed by atoms with Gasteiger partial charge in [0.2, 0.25) is 11.8 Å². The van der Waals surface area contributed by atoms with Crippen molar-refractivity contribution in [2.24, 2.45) is 0 Å². The molecule has 1 aromatic heterocycles. The monoisotopic (exact) mass is 651 g/mol. The van der Waals surface area contributed by atoms with E-state index in [1.165, 1.54) is 0 Å². The average Bonchev–Trinajstić information content (AvgIpc) is 3.37. The van der Waals surface area contributed by atoms with Crippen LogP contribution in [0.25, 0.3) is 0 Å². The van der Waals surface area contributed by atoms with Crippen molar-refractivity contribution in [3.8, 4) is 0 Å². The van der Waals surface area contributed by atoms with Gasteiger partial charge < -0.3 is 35.5 Å². The Hall–Kier alpha value is -3.93. The number of aromatic nitrogens is 2. The van der Waals surface area contributed by atoms with Crippen LogP contribution in [0.4, 0.5) is 11.4 Å². The molecule has 3 atom stereocenters. The van der Waals surface area contributed by atoms with Crippen LogP contribution in [0, 0.1) is 0 Å². The van der Waals surface area contributed by atoms with Gasteiger partial charge in [-0.25, -0.2) is 4.98 Å². The van der Waals surface area contributed by atoms with E-state index in [0.717, 1.165) is 22.3 Å². The molecule has 3 aromatic carbocycles. The maximum absolute atomic E-state index is 12.4. The van der Waals surface area contributed by atoms with Crippen molar-refractivity contribution in [3.63, 3.8) is 0 Å². The Morgan fingerprint density at radius 2 is 1.62 bits per heavy atom. The van der Waals surface area contributed by atoms with Crippen LogP contribution in [0.1, 0.15) is 60.3 Å². The fourth-order valence-corrected chi connectivity index (χ4v) is 5.35. The molecule has 10 nitrogen and oxygen atoms in total. The number of nitrogens with zero attached hydrogens (tertiary/aromatic N) is 2. The predicted molar refractivity (Wildman–Crippen MR) is 172 cm³/mol. The summed E-state index contributed by atoms with van der Waals surface area (Å²) in [6.07, 6.45) is 1.87. The molecule has 4 aromatic rings. The summed E-state index contributed by atoms with van der Waals surface area (Å²) in [4.78, 5) is 28.7. The zero-order valence-electron chi connectivity index (χ0n) is 24.5. The number of imidazole rings is 1. The number of nitrogen functional groups attached to an aromatic ring is 1. The fraction of sp³-hybridized carbons (Fsp3) is 0.303. The highest BCUT2D eigenvalue weighted by Gasteiger charge is 2.33. The Morgan fingerprint density at radius 1 is 0.933 bits per heavy atom. The normalized spacial score (nSPS) is 18.0. The van der Waals surface area contributed by atoms with Gasteiger partial charge in [-0.15, -0.1) is 0 Å². The zero-order valence-corrected chi connectivity index (χ0v) is 26.0. The Balaban J connectivity index is 1.15. The van der Waals surface area contributed by atoms with Gasteiger partial charge in [0.15, 0.2) is 11.4 Å². The second kappa shape index (κ2) is 15.4. The van der Waals surface area contributed by atoms with E-state index in [0.29, 0.717) is 42.5 Å². The van der Waals surface area contributed by atoms with Crippen LogP contribution in [0.2, 0.25) is 10.3 Å². The molecule has 2 heterocycles. The van der Waals surface area contributed by atoms with E-state index in [1.54, 1.807) is 35.2 Å². The van der Waals surface area contributed by atoms with E-state index in [9.17, 15) is 14.7 Å². The number of rotatable bonds is 12. The van der Waals surface area contributed by atoms with Crippen LogP contribution < -0.4 is 16.4 Å². The van der Waals surface area contributed by atoms with Crippen molar-refractivity contribution in [3.05, 3.63) is 112 Å². The molecular weight excluding hydrogens is 617 g/mol. The Labute approximate surface area is 271 Å². The summed E-state index contributed by atoms with van der Waals surface area (Å²) < 4.78 is 14.5. The van der Waals surface area contributed by atoms with E-state index in [-0.39, 0.29) is 48.6 Å². The fourth-order valence-electron chi connectivity index (χ4n) is 5.04. The van der Waals surface area contributed by atoms with Crippen LogP contribution in [-0.2, 0) is 38.8 Å². The minimum atomic E-state index is -0.648. The van der Waals surface area contributed by atoms with Crippen LogP contribution in [-0.4, -0.2) is 32.6 Å². The Bertz CT molecular complexity index is 1600. The first-order valence-corrected chi connectivity index (χ1v) is 15.4. The third kappa shape index (κ3) is 8.84. The summed E-state index contributed by atoms with van der Waals surface area (Å²) in [6, 6.07) is 22.4. The SMILES string of the molecule is Nc1ccccc1NC(=O)CCCC(=O)NCc1ccc([C@@H]2O[C@H](Cn3cnc(Cl)c3Cl)C[C@H](c3ccc(CO)cc3)O2)cc1. The quantitative estimate of drug-likeness (QED) is 0.139. The van der Waals surface area contributed by atoms with E-state index in [4.69, 9.17) is 38.4 Å². The lowest BCUT2D eigenvalue weighted by Gasteiger charge is -2.36.